The number of benzene rings is 1. The Morgan fingerprint density at radius 2 is 2.00 bits per heavy atom. The molecule has 1 fully saturated rings. The normalized spacial score (nSPS) is 14.4. The van der Waals surface area contributed by atoms with E-state index >= 15 is 0 Å². The molecule has 4 aromatic rings. The summed E-state index contributed by atoms with van der Waals surface area (Å²) < 4.78 is 27.6. The molecule has 14 nitrogen and oxygen atoms in total. The minimum atomic E-state index is -0.428. The minimum Gasteiger partial charge on any atom is -0.484 e. The fraction of sp³-hybridized carbons (Fsp3) is 0.346. The van der Waals surface area contributed by atoms with Gasteiger partial charge < -0.3 is 36.6 Å². The molecule has 1 aromatic carbocycles. The van der Waals surface area contributed by atoms with Gasteiger partial charge in [0.25, 0.3) is 5.91 Å². The number of aliphatic imine (C=N–C) groups is 1. The molecule has 3 aromatic heterocycles. The first-order valence-corrected chi connectivity index (χ1v) is 14.1. The highest BCUT2D eigenvalue weighted by Gasteiger charge is 2.22. The summed E-state index contributed by atoms with van der Waals surface area (Å²) in [7, 11) is 0. The fourth-order valence-corrected chi connectivity index (χ4v) is 5.40. The van der Waals surface area contributed by atoms with Crippen molar-refractivity contribution >= 4 is 50.9 Å². The van der Waals surface area contributed by atoms with Crippen LogP contribution < -0.4 is 37.0 Å². The van der Waals surface area contributed by atoms with E-state index in [2.05, 4.69) is 25.2 Å². The number of fused-ring (bicyclic) bond motifs is 1. The number of hydrogen-bond donors (Lipinski definition) is 4. The van der Waals surface area contributed by atoms with E-state index in [1.807, 2.05) is 4.90 Å². The summed E-state index contributed by atoms with van der Waals surface area (Å²) in [6, 6.07) is 7.93. The lowest BCUT2D eigenvalue weighted by molar-refractivity contribution is -0.123. The number of rotatable bonds is 11. The highest BCUT2D eigenvalue weighted by molar-refractivity contribution is 7.17. The number of amides is 1. The zero-order valence-electron chi connectivity index (χ0n) is 22.7. The van der Waals surface area contributed by atoms with Gasteiger partial charge in [-0.25, -0.2) is 9.38 Å². The summed E-state index contributed by atoms with van der Waals surface area (Å²) in [5.74, 6) is 0.179. The molecule has 222 valence electrons. The fourth-order valence-electron chi connectivity index (χ4n) is 4.51. The minimum absolute atomic E-state index is 0.0260. The van der Waals surface area contributed by atoms with Crippen molar-refractivity contribution in [2.45, 2.75) is 6.54 Å². The molecule has 1 amide bonds. The third kappa shape index (κ3) is 6.67. The number of carbonyl (C=O) groups excluding carboxylic acids is 1. The van der Waals surface area contributed by atoms with Crippen LogP contribution in [0.2, 0.25) is 0 Å². The average molecular weight is 599 g/mol. The highest BCUT2D eigenvalue weighted by atomic mass is 32.1. The molecule has 1 aliphatic heterocycles. The average Bonchev–Trinajstić information content (AvgIpc) is 3.63. The maximum absolute atomic E-state index is 14.9. The van der Waals surface area contributed by atoms with Gasteiger partial charge in [0.05, 0.1) is 12.0 Å². The number of nitrogens with two attached hydrogens (primary N) is 3. The first-order chi connectivity index (χ1) is 20.3. The van der Waals surface area contributed by atoms with E-state index in [0.717, 1.165) is 11.3 Å². The topological polar surface area (TPSA) is 196 Å². The van der Waals surface area contributed by atoms with Crippen molar-refractivity contribution in [2.75, 3.05) is 63.1 Å². The predicted octanol–water partition coefficient (Wildman–Crippen LogP) is 0.480. The number of nitrogens with zero attached hydrogens (tertiary/aromatic N) is 6. The lowest BCUT2D eigenvalue weighted by Crippen LogP contribution is -2.47. The Bertz CT molecular complexity index is 1630. The maximum Gasteiger partial charge on any atom is 0.309 e. The number of carbonyl (C=O) groups is 1. The predicted molar refractivity (Wildman–Crippen MR) is 158 cm³/mol. The largest absolute Gasteiger partial charge is 0.484 e. The smallest absolute Gasteiger partial charge is 0.309 e. The number of halogens is 1. The third-order valence-corrected chi connectivity index (χ3v) is 7.59. The second-order valence-electron chi connectivity index (χ2n) is 9.42. The van der Waals surface area contributed by atoms with Crippen LogP contribution in [0.4, 0.5) is 21.8 Å². The standard InChI is InChI=1S/C26H31FN10O4S/c27-17-14-16(41-15-20(38)31-6-5-28)3-4-18(17)36-10-7-35(8-11-36)9-12-37-24-21(42-26(37)39)23(33-25(30)34-24)32-22(29)19-2-1-13-40-19/h1-4,13-14H,5-12,15,28H2,(H,31,38)(H4,29,30,32,33,34). The molecule has 7 N–H and O–H groups in total. The number of furan rings is 1. The van der Waals surface area contributed by atoms with Gasteiger partial charge in [-0.15, -0.1) is 0 Å². The summed E-state index contributed by atoms with van der Waals surface area (Å²) in [5, 5.41) is 2.59. The van der Waals surface area contributed by atoms with Crippen molar-refractivity contribution in [3.63, 3.8) is 0 Å². The van der Waals surface area contributed by atoms with Gasteiger partial charge in [0, 0.05) is 58.4 Å². The highest BCUT2D eigenvalue weighted by Crippen LogP contribution is 2.28. The molecule has 1 saturated heterocycles. The van der Waals surface area contributed by atoms with Gasteiger partial charge in [0.15, 0.2) is 29.7 Å². The Labute approximate surface area is 243 Å². The van der Waals surface area contributed by atoms with Gasteiger partial charge in [-0.3, -0.25) is 19.1 Å². The molecule has 0 radical (unpaired) electrons. The SMILES string of the molecule is NCCNC(=O)COc1ccc(N2CCN(CCn3c(=O)sc4c(/N=C(\N)c5ccco5)nc(N)nc43)CC2)c(F)c1. The third-order valence-electron chi connectivity index (χ3n) is 6.62. The van der Waals surface area contributed by atoms with Crippen molar-refractivity contribution in [1.29, 1.82) is 0 Å². The first-order valence-electron chi connectivity index (χ1n) is 13.2. The Morgan fingerprint density at radius 1 is 1.19 bits per heavy atom. The lowest BCUT2D eigenvalue weighted by atomic mass is 10.2. The monoisotopic (exact) mass is 598 g/mol. The Morgan fingerprint density at radius 3 is 2.71 bits per heavy atom. The molecular formula is C26H31FN10O4S. The molecule has 0 atom stereocenters. The number of ether oxygens (including phenoxy) is 1. The molecule has 0 saturated carbocycles. The van der Waals surface area contributed by atoms with Gasteiger partial charge >= 0.3 is 4.87 Å². The maximum atomic E-state index is 14.9. The first kappa shape index (κ1) is 29.0. The number of amidine groups is 1. The Hall–Kier alpha value is -4.54. The molecule has 16 heteroatoms. The number of aromatic nitrogens is 3. The molecule has 5 rings (SSSR count). The number of anilines is 2. The molecular weight excluding hydrogens is 567 g/mol. The summed E-state index contributed by atoms with van der Waals surface area (Å²) in [6.07, 6.45) is 1.48. The summed E-state index contributed by atoms with van der Waals surface area (Å²) in [5.41, 5.74) is 18.2. The lowest BCUT2D eigenvalue weighted by Gasteiger charge is -2.36. The molecule has 0 bridgehead atoms. The van der Waals surface area contributed by atoms with E-state index < -0.39 is 5.82 Å². The van der Waals surface area contributed by atoms with Crippen molar-refractivity contribution in [3.05, 3.63) is 57.8 Å². The van der Waals surface area contributed by atoms with Gasteiger partial charge in [0.1, 0.15) is 16.3 Å². The van der Waals surface area contributed by atoms with Crippen LogP contribution in [0.15, 0.2) is 50.8 Å². The zero-order chi connectivity index (χ0) is 29.6. The van der Waals surface area contributed by atoms with Crippen LogP contribution in [0.1, 0.15) is 5.76 Å². The van der Waals surface area contributed by atoms with Crippen LogP contribution in [-0.2, 0) is 11.3 Å². The van der Waals surface area contributed by atoms with Gasteiger partial charge in [0.2, 0.25) is 5.95 Å². The van der Waals surface area contributed by atoms with E-state index in [-0.39, 0.29) is 40.7 Å². The van der Waals surface area contributed by atoms with Crippen LogP contribution in [0.25, 0.3) is 10.3 Å². The molecule has 4 heterocycles. The van der Waals surface area contributed by atoms with Gasteiger partial charge in [-0.1, -0.05) is 11.3 Å². The number of nitrogens with one attached hydrogen (secondary N) is 1. The van der Waals surface area contributed by atoms with Crippen LogP contribution in [-0.4, -0.2) is 83.6 Å². The summed E-state index contributed by atoms with van der Waals surface area (Å²) >= 11 is 0.976. The van der Waals surface area contributed by atoms with E-state index in [1.54, 1.807) is 28.8 Å². The molecule has 0 aliphatic carbocycles. The van der Waals surface area contributed by atoms with E-state index in [9.17, 15) is 14.0 Å². The number of hydrogen-bond acceptors (Lipinski definition) is 12. The molecule has 0 spiro atoms. The van der Waals surface area contributed by atoms with Crippen molar-refractivity contribution < 1.29 is 18.3 Å². The van der Waals surface area contributed by atoms with Crippen LogP contribution in [0, 0.1) is 5.82 Å². The molecule has 0 unspecified atom stereocenters. The number of thiazole rings is 1. The van der Waals surface area contributed by atoms with Crippen LogP contribution in [0.3, 0.4) is 0 Å². The van der Waals surface area contributed by atoms with E-state index in [1.165, 1.54) is 12.3 Å². The Kier molecular flexibility index (Phi) is 8.94. The second kappa shape index (κ2) is 13.0. The van der Waals surface area contributed by atoms with Gasteiger partial charge in [-0.2, -0.15) is 9.97 Å². The number of nitrogen functional groups attached to an aromatic ring is 1. The van der Waals surface area contributed by atoms with E-state index in [0.29, 0.717) is 74.2 Å². The van der Waals surface area contributed by atoms with Crippen molar-refractivity contribution in [1.82, 2.24) is 24.8 Å². The van der Waals surface area contributed by atoms with Gasteiger partial charge in [-0.05, 0) is 24.3 Å². The van der Waals surface area contributed by atoms with Crippen LogP contribution in [0.5, 0.6) is 5.75 Å². The Balaban J connectivity index is 1.19. The molecule has 1 aliphatic rings. The summed E-state index contributed by atoms with van der Waals surface area (Å²) in [4.78, 5) is 41.3. The van der Waals surface area contributed by atoms with Crippen molar-refractivity contribution in [3.8, 4) is 5.75 Å². The van der Waals surface area contributed by atoms with E-state index in [4.69, 9.17) is 26.4 Å². The summed E-state index contributed by atoms with van der Waals surface area (Å²) in [6.45, 7) is 3.95. The van der Waals surface area contributed by atoms with Crippen molar-refractivity contribution in [2.24, 2.45) is 16.5 Å². The van der Waals surface area contributed by atoms with Crippen LogP contribution >= 0.6 is 11.3 Å². The zero-order valence-corrected chi connectivity index (χ0v) is 23.5. The quantitative estimate of drug-likeness (QED) is 0.138. The number of piperazine rings is 1. The second-order valence-corrected chi connectivity index (χ2v) is 10.4. The molecule has 42 heavy (non-hydrogen) atoms.